The predicted octanol–water partition coefficient (Wildman–Crippen LogP) is 3.60. The van der Waals surface area contributed by atoms with Crippen molar-refractivity contribution in [2.24, 2.45) is 0 Å². The Bertz CT molecular complexity index is 812. The summed E-state index contributed by atoms with van der Waals surface area (Å²) in [6.07, 6.45) is -0.549. The fourth-order valence-corrected chi connectivity index (χ4v) is 3.36. The Morgan fingerprint density at radius 1 is 1.04 bits per heavy atom. The van der Waals surface area contributed by atoms with Crippen molar-refractivity contribution >= 4 is 23.5 Å². The van der Waals surface area contributed by atoms with Crippen molar-refractivity contribution in [2.75, 3.05) is 37.4 Å². The maximum atomic E-state index is 12.7. The minimum Gasteiger partial charge on any atom is -0.453 e. The van der Waals surface area contributed by atoms with Crippen LogP contribution in [0.4, 0.5) is 21.0 Å². The largest absolute Gasteiger partial charge is 0.453 e. The van der Waals surface area contributed by atoms with Gasteiger partial charge in [0.25, 0.3) is 0 Å². The van der Waals surface area contributed by atoms with Gasteiger partial charge in [-0.25, -0.2) is 9.59 Å². The number of methoxy groups -OCH3 is 1. The van der Waals surface area contributed by atoms with Gasteiger partial charge < -0.3 is 15.0 Å². The molecular formula is C21H26N4O3. The zero-order valence-corrected chi connectivity index (χ0v) is 16.2. The Morgan fingerprint density at radius 3 is 2.43 bits per heavy atom. The molecule has 0 unspecified atom stereocenters. The Labute approximate surface area is 165 Å². The maximum absolute atomic E-state index is 12.7. The highest BCUT2D eigenvalue weighted by Gasteiger charge is 2.27. The van der Waals surface area contributed by atoms with Crippen molar-refractivity contribution < 1.29 is 14.3 Å². The third-order valence-electron chi connectivity index (χ3n) is 4.77. The SMILES string of the molecule is COC(=O)Nc1cccc(NC(=O)N2CCN(Cc3ccccc3)C[C@H]2C)c1. The van der Waals surface area contributed by atoms with E-state index in [1.165, 1.54) is 12.7 Å². The molecule has 0 aromatic heterocycles. The number of anilines is 2. The van der Waals surface area contributed by atoms with Crippen molar-refractivity contribution in [1.29, 1.82) is 0 Å². The van der Waals surface area contributed by atoms with E-state index < -0.39 is 6.09 Å². The van der Waals surface area contributed by atoms with Crippen LogP contribution in [-0.2, 0) is 11.3 Å². The molecule has 7 heteroatoms. The van der Waals surface area contributed by atoms with E-state index in [9.17, 15) is 9.59 Å². The lowest BCUT2D eigenvalue weighted by molar-refractivity contribution is 0.104. The molecular weight excluding hydrogens is 356 g/mol. The van der Waals surface area contributed by atoms with Gasteiger partial charge in [0.2, 0.25) is 0 Å². The fraction of sp³-hybridized carbons (Fsp3) is 0.333. The summed E-state index contributed by atoms with van der Waals surface area (Å²) in [6.45, 7) is 5.27. The second kappa shape index (κ2) is 9.23. The number of urea groups is 1. The van der Waals surface area contributed by atoms with Crippen LogP contribution in [0.3, 0.4) is 0 Å². The molecule has 0 saturated carbocycles. The molecule has 2 aromatic carbocycles. The van der Waals surface area contributed by atoms with Gasteiger partial charge >= 0.3 is 12.1 Å². The van der Waals surface area contributed by atoms with Crippen molar-refractivity contribution in [1.82, 2.24) is 9.80 Å². The normalized spacial score (nSPS) is 17.1. The fourth-order valence-electron chi connectivity index (χ4n) is 3.36. The molecule has 0 radical (unpaired) electrons. The third-order valence-corrected chi connectivity index (χ3v) is 4.77. The molecule has 2 aromatic rings. The van der Waals surface area contributed by atoms with E-state index in [-0.39, 0.29) is 12.1 Å². The number of piperazine rings is 1. The number of amides is 3. The van der Waals surface area contributed by atoms with Crippen LogP contribution >= 0.6 is 0 Å². The molecule has 0 bridgehead atoms. The van der Waals surface area contributed by atoms with Crippen molar-refractivity contribution in [3.63, 3.8) is 0 Å². The maximum Gasteiger partial charge on any atom is 0.411 e. The van der Waals surface area contributed by atoms with E-state index in [4.69, 9.17) is 0 Å². The van der Waals surface area contributed by atoms with Gasteiger partial charge in [0.05, 0.1) is 7.11 Å². The summed E-state index contributed by atoms with van der Waals surface area (Å²) in [5.74, 6) is 0. The van der Waals surface area contributed by atoms with Crippen LogP contribution in [0.1, 0.15) is 12.5 Å². The van der Waals surface area contributed by atoms with E-state index in [1.54, 1.807) is 24.3 Å². The highest BCUT2D eigenvalue weighted by atomic mass is 16.5. The molecule has 0 aliphatic carbocycles. The standard InChI is InChI=1S/C21H26N4O3/c1-16-14-24(15-17-7-4-3-5-8-17)11-12-25(16)20(26)22-18-9-6-10-19(13-18)23-21(27)28-2/h3-10,13,16H,11-12,14-15H2,1-2H3,(H,22,26)(H,23,27)/t16-/m1/s1. The molecule has 1 saturated heterocycles. The van der Waals surface area contributed by atoms with Crippen LogP contribution in [0.2, 0.25) is 0 Å². The van der Waals surface area contributed by atoms with E-state index in [2.05, 4.69) is 39.3 Å². The second-order valence-corrected chi connectivity index (χ2v) is 6.89. The summed E-state index contributed by atoms with van der Waals surface area (Å²) < 4.78 is 4.59. The van der Waals surface area contributed by atoms with Gasteiger partial charge in [0.15, 0.2) is 0 Å². The van der Waals surface area contributed by atoms with Crippen LogP contribution < -0.4 is 10.6 Å². The molecule has 2 N–H and O–H groups in total. The number of hydrogen-bond acceptors (Lipinski definition) is 4. The van der Waals surface area contributed by atoms with Gasteiger partial charge in [-0.3, -0.25) is 10.2 Å². The van der Waals surface area contributed by atoms with Crippen LogP contribution in [0.5, 0.6) is 0 Å². The van der Waals surface area contributed by atoms with Crippen molar-refractivity contribution in [3.8, 4) is 0 Å². The van der Waals surface area contributed by atoms with E-state index >= 15 is 0 Å². The molecule has 1 heterocycles. The molecule has 3 amide bonds. The zero-order chi connectivity index (χ0) is 19.9. The lowest BCUT2D eigenvalue weighted by Gasteiger charge is -2.39. The van der Waals surface area contributed by atoms with E-state index in [0.29, 0.717) is 17.9 Å². The monoisotopic (exact) mass is 382 g/mol. The second-order valence-electron chi connectivity index (χ2n) is 6.89. The summed E-state index contributed by atoms with van der Waals surface area (Å²) >= 11 is 0. The van der Waals surface area contributed by atoms with E-state index in [1.807, 2.05) is 23.1 Å². The number of hydrogen-bond donors (Lipinski definition) is 2. The third kappa shape index (κ3) is 5.23. The lowest BCUT2D eigenvalue weighted by Crippen LogP contribution is -2.54. The summed E-state index contributed by atoms with van der Waals surface area (Å²) in [5, 5.41) is 5.50. The number of benzene rings is 2. The molecule has 1 aliphatic rings. The first-order valence-electron chi connectivity index (χ1n) is 9.34. The van der Waals surface area contributed by atoms with Gasteiger partial charge in [-0.2, -0.15) is 0 Å². The highest BCUT2D eigenvalue weighted by Crippen LogP contribution is 2.18. The molecule has 1 atom stereocenters. The number of nitrogens with zero attached hydrogens (tertiary/aromatic N) is 2. The first-order chi connectivity index (χ1) is 13.5. The van der Waals surface area contributed by atoms with Gasteiger partial charge in [-0.1, -0.05) is 36.4 Å². The predicted molar refractivity (Wildman–Crippen MR) is 109 cm³/mol. The van der Waals surface area contributed by atoms with Crippen LogP contribution in [0.25, 0.3) is 0 Å². The van der Waals surface area contributed by atoms with Gasteiger partial charge in [-0.15, -0.1) is 0 Å². The average Bonchev–Trinajstić information content (AvgIpc) is 2.69. The smallest absolute Gasteiger partial charge is 0.411 e. The Morgan fingerprint density at radius 2 is 1.75 bits per heavy atom. The number of ether oxygens (including phenoxy) is 1. The Balaban J connectivity index is 1.55. The summed E-state index contributed by atoms with van der Waals surface area (Å²) in [4.78, 5) is 28.3. The van der Waals surface area contributed by atoms with Crippen LogP contribution in [-0.4, -0.2) is 54.7 Å². The number of rotatable bonds is 4. The molecule has 28 heavy (non-hydrogen) atoms. The number of carbonyl (C=O) groups excluding carboxylic acids is 2. The van der Waals surface area contributed by atoms with Crippen molar-refractivity contribution in [3.05, 3.63) is 60.2 Å². The van der Waals surface area contributed by atoms with Gasteiger partial charge in [-0.05, 0) is 30.7 Å². The number of nitrogens with one attached hydrogen (secondary N) is 2. The zero-order valence-electron chi connectivity index (χ0n) is 16.2. The molecule has 7 nitrogen and oxygen atoms in total. The summed E-state index contributed by atoms with van der Waals surface area (Å²) in [5.41, 5.74) is 2.46. The Hall–Kier alpha value is -3.06. The minimum absolute atomic E-state index is 0.105. The highest BCUT2D eigenvalue weighted by molar-refractivity contribution is 5.91. The molecule has 0 spiro atoms. The lowest BCUT2D eigenvalue weighted by atomic mass is 10.1. The topological polar surface area (TPSA) is 73.9 Å². The Kier molecular flexibility index (Phi) is 6.49. The first kappa shape index (κ1) is 19.7. The van der Waals surface area contributed by atoms with Crippen molar-refractivity contribution in [2.45, 2.75) is 19.5 Å². The molecule has 1 fully saturated rings. The average molecular weight is 382 g/mol. The van der Waals surface area contributed by atoms with E-state index in [0.717, 1.165) is 19.6 Å². The van der Waals surface area contributed by atoms with Gasteiger partial charge in [0.1, 0.15) is 0 Å². The first-order valence-corrected chi connectivity index (χ1v) is 9.34. The molecule has 1 aliphatic heterocycles. The molecule has 3 rings (SSSR count). The van der Waals surface area contributed by atoms with Crippen LogP contribution in [0, 0.1) is 0 Å². The molecule has 148 valence electrons. The van der Waals surface area contributed by atoms with Crippen LogP contribution in [0.15, 0.2) is 54.6 Å². The number of carbonyl (C=O) groups is 2. The summed E-state index contributed by atoms with van der Waals surface area (Å²) in [6, 6.07) is 17.3. The van der Waals surface area contributed by atoms with Gasteiger partial charge in [0, 0.05) is 43.6 Å². The summed E-state index contributed by atoms with van der Waals surface area (Å²) in [7, 11) is 1.31. The quantitative estimate of drug-likeness (QED) is 0.847. The minimum atomic E-state index is -0.549.